The number of alkyl carbamates (subject to hydrolysis) is 1. The van der Waals surface area contributed by atoms with Gasteiger partial charge in [0.05, 0.1) is 12.1 Å². The van der Waals surface area contributed by atoms with E-state index in [0.29, 0.717) is 6.54 Å². The predicted octanol–water partition coefficient (Wildman–Crippen LogP) is 6.22. The van der Waals surface area contributed by atoms with Crippen molar-refractivity contribution in [1.29, 1.82) is 0 Å². The SMILES string of the molecule is FC(F)(F)c1ccc(I)cc1.O=C1NC[C@@H](CN(Cc2ccccc2)Cc2ccccc2)O1.S. The second-order valence-electron chi connectivity index (χ2n) is 7.55. The Morgan fingerprint density at radius 1 is 0.882 bits per heavy atom. The smallest absolute Gasteiger partial charge is 0.416 e. The molecule has 9 heteroatoms. The maximum atomic E-state index is 11.9. The molecule has 3 aromatic rings. The molecule has 3 aromatic carbocycles. The minimum Gasteiger partial charge on any atom is -0.443 e. The lowest BCUT2D eigenvalue weighted by Gasteiger charge is -2.24. The van der Waals surface area contributed by atoms with E-state index in [9.17, 15) is 18.0 Å². The van der Waals surface area contributed by atoms with Crippen LogP contribution in [-0.2, 0) is 24.0 Å². The molecule has 0 unspecified atom stereocenters. The van der Waals surface area contributed by atoms with E-state index >= 15 is 0 Å². The van der Waals surface area contributed by atoms with Crippen LogP contribution in [0.4, 0.5) is 18.0 Å². The summed E-state index contributed by atoms with van der Waals surface area (Å²) >= 11 is 1.96. The van der Waals surface area contributed by atoms with Gasteiger partial charge < -0.3 is 10.1 Å². The number of ether oxygens (including phenoxy) is 1. The highest BCUT2D eigenvalue weighted by Gasteiger charge is 2.29. The number of nitrogens with zero attached hydrogens (tertiary/aromatic N) is 1. The van der Waals surface area contributed by atoms with Crippen LogP contribution in [0.2, 0.25) is 0 Å². The van der Waals surface area contributed by atoms with Crippen LogP contribution in [0.3, 0.4) is 0 Å². The van der Waals surface area contributed by atoms with Crippen molar-refractivity contribution >= 4 is 42.2 Å². The molecule has 1 saturated heterocycles. The summed E-state index contributed by atoms with van der Waals surface area (Å²) in [5.41, 5.74) is 1.92. The van der Waals surface area contributed by atoms with Crippen LogP contribution in [0.25, 0.3) is 0 Å². The predicted molar refractivity (Wildman–Crippen MR) is 140 cm³/mol. The van der Waals surface area contributed by atoms with E-state index in [1.54, 1.807) is 0 Å². The number of benzene rings is 3. The van der Waals surface area contributed by atoms with Gasteiger partial charge in [-0.15, -0.1) is 0 Å². The van der Waals surface area contributed by atoms with E-state index in [4.69, 9.17) is 4.74 Å². The molecule has 0 bridgehead atoms. The summed E-state index contributed by atoms with van der Waals surface area (Å²) in [5.74, 6) is 0. The number of halogens is 4. The van der Waals surface area contributed by atoms with Gasteiger partial charge >= 0.3 is 12.3 Å². The quantitative estimate of drug-likeness (QED) is 0.341. The van der Waals surface area contributed by atoms with Crippen LogP contribution in [0, 0.1) is 3.57 Å². The van der Waals surface area contributed by atoms with Gasteiger partial charge in [-0.3, -0.25) is 4.90 Å². The number of carbonyl (C=O) groups excluding carboxylic acids is 1. The highest BCUT2D eigenvalue weighted by Crippen LogP contribution is 2.29. The maximum absolute atomic E-state index is 11.9. The highest BCUT2D eigenvalue weighted by atomic mass is 127. The lowest BCUT2D eigenvalue weighted by atomic mass is 10.1. The van der Waals surface area contributed by atoms with Crippen molar-refractivity contribution in [2.45, 2.75) is 25.4 Å². The Morgan fingerprint density at radius 3 is 1.79 bits per heavy atom. The summed E-state index contributed by atoms with van der Waals surface area (Å²) < 4.78 is 41.8. The Kier molecular flexibility index (Phi) is 11.2. The van der Waals surface area contributed by atoms with Gasteiger partial charge in [0.15, 0.2) is 0 Å². The van der Waals surface area contributed by atoms with E-state index in [-0.39, 0.29) is 25.7 Å². The molecule has 1 amide bonds. The topological polar surface area (TPSA) is 41.6 Å². The largest absolute Gasteiger partial charge is 0.443 e. The number of rotatable bonds is 6. The molecular weight excluding hydrogens is 576 g/mol. The first-order valence-electron chi connectivity index (χ1n) is 10.4. The molecule has 0 aliphatic carbocycles. The summed E-state index contributed by atoms with van der Waals surface area (Å²) in [6, 6.07) is 25.7. The minimum absolute atomic E-state index is 0. The molecule has 0 spiro atoms. The Morgan fingerprint density at radius 2 is 1.38 bits per heavy atom. The number of carbonyl (C=O) groups is 1. The molecule has 1 fully saturated rings. The lowest BCUT2D eigenvalue weighted by Crippen LogP contribution is -2.33. The van der Waals surface area contributed by atoms with Gasteiger partial charge in [0, 0.05) is 23.2 Å². The van der Waals surface area contributed by atoms with E-state index in [1.165, 1.54) is 23.3 Å². The van der Waals surface area contributed by atoms with Crippen molar-refractivity contribution in [2.75, 3.05) is 13.1 Å². The van der Waals surface area contributed by atoms with Gasteiger partial charge in [0.1, 0.15) is 6.10 Å². The third kappa shape index (κ3) is 9.55. The number of cyclic esters (lactones) is 1. The first kappa shape index (κ1) is 28.0. The second-order valence-corrected chi connectivity index (χ2v) is 8.80. The molecule has 1 aliphatic rings. The second kappa shape index (κ2) is 13.6. The van der Waals surface area contributed by atoms with Crippen molar-refractivity contribution in [3.8, 4) is 0 Å². The summed E-state index contributed by atoms with van der Waals surface area (Å²) in [4.78, 5) is 13.5. The molecule has 4 nitrogen and oxygen atoms in total. The molecule has 1 N–H and O–H groups in total. The molecule has 4 rings (SSSR count). The van der Waals surface area contributed by atoms with Gasteiger partial charge in [-0.2, -0.15) is 26.7 Å². The first-order valence-corrected chi connectivity index (χ1v) is 11.4. The van der Waals surface area contributed by atoms with Crippen molar-refractivity contribution in [3.05, 3.63) is 105 Å². The zero-order valence-corrected chi connectivity index (χ0v) is 21.4. The van der Waals surface area contributed by atoms with E-state index in [2.05, 4.69) is 34.5 Å². The Balaban J connectivity index is 0.000000289. The first-order chi connectivity index (χ1) is 15.8. The van der Waals surface area contributed by atoms with Crippen molar-refractivity contribution in [3.63, 3.8) is 0 Å². The van der Waals surface area contributed by atoms with Crippen LogP contribution in [0.5, 0.6) is 0 Å². The molecular formula is C25H26F3IN2O2S. The zero-order chi connectivity index (χ0) is 23.7. The fourth-order valence-corrected chi connectivity index (χ4v) is 3.69. The fraction of sp³-hybridized carbons (Fsp3) is 0.240. The van der Waals surface area contributed by atoms with Crippen LogP contribution in [-0.4, -0.2) is 30.2 Å². The lowest BCUT2D eigenvalue weighted by molar-refractivity contribution is -0.137. The summed E-state index contributed by atoms with van der Waals surface area (Å²) in [7, 11) is 0. The van der Waals surface area contributed by atoms with Gasteiger partial charge in [0.25, 0.3) is 0 Å². The van der Waals surface area contributed by atoms with Crippen LogP contribution < -0.4 is 5.32 Å². The maximum Gasteiger partial charge on any atom is 0.416 e. The molecule has 0 radical (unpaired) electrons. The summed E-state index contributed by atoms with van der Waals surface area (Å²) in [6.45, 7) is 2.98. The number of amides is 1. The summed E-state index contributed by atoms with van der Waals surface area (Å²) in [6.07, 6.45) is -4.62. The van der Waals surface area contributed by atoms with Gasteiger partial charge in [-0.1, -0.05) is 60.7 Å². The van der Waals surface area contributed by atoms with Gasteiger partial charge in [-0.05, 0) is 58.0 Å². The standard InChI is InChI=1S/C18H20N2O2.C7H4F3I.H2S/c21-18-19-11-17(22-18)14-20(12-15-7-3-1-4-8-15)13-16-9-5-2-6-10-16;8-7(9,10)5-1-3-6(11)4-2-5;/h1-10,17H,11-14H2,(H,19,21);1-4H;1H2/t17-;;/m0../s1. The third-order valence-electron chi connectivity index (χ3n) is 4.88. The number of nitrogens with one attached hydrogen (secondary N) is 1. The minimum atomic E-state index is -4.22. The Hall–Kier alpha value is -2.24. The van der Waals surface area contributed by atoms with Gasteiger partial charge in [-0.25, -0.2) is 4.79 Å². The third-order valence-corrected chi connectivity index (χ3v) is 5.60. The van der Waals surface area contributed by atoms with Crippen LogP contribution >= 0.6 is 36.1 Å². The van der Waals surface area contributed by atoms with Crippen molar-refractivity contribution < 1.29 is 22.7 Å². The molecule has 182 valence electrons. The Labute approximate surface area is 218 Å². The van der Waals surface area contributed by atoms with E-state index in [0.717, 1.165) is 35.3 Å². The fourth-order valence-electron chi connectivity index (χ4n) is 3.33. The molecule has 1 aliphatic heterocycles. The average Bonchev–Trinajstić information content (AvgIpc) is 3.20. The average molecular weight is 602 g/mol. The highest BCUT2D eigenvalue weighted by molar-refractivity contribution is 14.1. The van der Waals surface area contributed by atoms with Crippen LogP contribution in [0.15, 0.2) is 84.9 Å². The molecule has 0 saturated carbocycles. The Bertz CT molecular complexity index is 965. The zero-order valence-electron chi connectivity index (χ0n) is 18.3. The van der Waals surface area contributed by atoms with Crippen LogP contribution in [0.1, 0.15) is 16.7 Å². The molecule has 1 atom stereocenters. The van der Waals surface area contributed by atoms with Crippen molar-refractivity contribution in [2.24, 2.45) is 0 Å². The summed E-state index contributed by atoms with van der Waals surface area (Å²) in [5, 5.41) is 2.71. The molecule has 1 heterocycles. The number of hydrogen-bond donors (Lipinski definition) is 1. The molecule has 34 heavy (non-hydrogen) atoms. The molecule has 0 aromatic heterocycles. The number of hydrogen-bond acceptors (Lipinski definition) is 3. The van der Waals surface area contributed by atoms with Gasteiger partial charge in [0.2, 0.25) is 0 Å². The normalized spacial score (nSPS) is 15.0. The van der Waals surface area contributed by atoms with Crippen molar-refractivity contribution in [1.82, 2.24) is 10.2 Å². The monoisotopic (exact) mass is 602 g/mol. The van der Waals surface area contributed by atoms with E-state index in [1.807, 2.05) is 59.0 Å². The van der Waals surface area contributed by atoms with E-state index < -0.39 is 11.7 Å². The number of alkyl halides is 3.